The van der Waals surface area contributed by atoms with Crippen molar-refractivity contribution in [3.8, 4) is 10.4 Å². The van der Waals surface area contributed by atoms with Crippen LogP contribution in [0, 0.1) is 0 Å². The molecule has 10 heteroatoms. The molecular formula is C20H19N5O2S3. The topological polar surface area (TPSA) is 92.8 Å². The van der Waals surface area contributed by atoms with Gasteiger partial charge in [-0.1, -0.05) is 53.4 Å². The molecule has 3 aromatic heterocycles. The van der Waals surface area contributed by atoms with E-state index in [9.17, 15) is 4.79 Å². The van der Waals surface area contributed by atoms with Gasteiger partial charge in [-0.25, -0.2) is 4.98 Å². The normalized spacial score (nSPS) is 16.3. The van der Waals surface area contributed by atoms with E-state index in [1.807, 2.05) is 36.4 Å². The second kappa shape index (κ2) is 8.84. The van der Waals surface area contributed by atoms with E-state index >= 15 is 0 Å². The molecule has 0 radical (unpaired) electrons. The number of hydrogen-bond donors (Lipinski definition) is 2. The van der Waals surface area contributed by atoms with Crippen LogP contribution >= 0.6 is 34.4 Å². The number of hydrogen-bond acceptors (Lipinski definition) is 9. The zero-order valence-corrected chi connectivity index (χ0v) is 18.4. The maximum absolute atomic E-state index is 12.5. The van der Waals surface area contributed by atoms with Crippen LogP contribution in [0.25, 0.3) is 20.7 Å². The zero-order valence-electron chi connectivity index (χ0n) is 16.0. The first-order chi connectivity index (χ1) is 14.7. The fraction of sp³-hybridized carbons (Fsp3) is 0.300. The molecule has 0 spiro atoms. The Bertz CT molecular complexity index is 1200. The van der Waals surface area contributed by atoms with E-state index in [1.165, 1.54) is 34.4 Å². The minimum absolute atomic E-state index is 0.106. The minimum atomic E-state index is -0.106. The van der Waals surface area contributed by atoms with Crippen LogP contribution in [-0.4, -0.2) is 39.4 Å². The van der Waals surface area contributed by atoms with Gasteiger partial charge in [0.05, 0.1) is 17.2 Å². The molecule has 0 aliphatic carbocycles. The fourth-order valence-electron chi connectivity index (χ4n) is 3.27. The molecule has 1 atom stereocenters. The van der Waals surface area contributed by atoms with E-state index in [0.717, 1.165) is 50.7 Å². The monoisotopic (exact) mass is 457 g/mol. The maximum Gasteiger partial charge on any atom is 0.259 e. The van der Waals surface area contributed by atoms with Gasteiger partial charge in [-0.3, -0.25) is 4.79 Å². The largest absolute Gasteiger partial charge is 0.376 e. The van der Waals surface area contributed by atoms with Gasteiger partial charge in [0, 0.05) is 18.0 Å². The lowest BCUT2D eigenvalue weighted by molar-refractivity contribution is 0.120. The molecule has 1 aliphatic rings. The minimum Gasteiger partial charge on any atom is -0.376 e. The Labute approximate surface area is 184 Å². The first-order valence-electron chi connectivity index (χ1n) is 9.64. The summed E-state index contributed by atoms with van der Waals surface area (Å²) in [7, 11) is 0. The van der Waals surface area contributed by atoms with Crippen molar-refractivity contribution in [3.05, 3.63) is 52.6 Å². The number of benzene rings is 1. The Morgan fingerprint density at radius 3 is 2.97 bits per heavy atom. The van der Waals surface area contributed by atoms with Gasteiger partial charge >= 0.3 is 0 Å². The van der Waals surface area contributed by atoms with Gasteiger partial charge in [0.25, 0.3) is 5.56 Å². The molecule has 2 N–H and O–H groups in total. The molecule has 154 valence electrons. The number of thiophene rings is 1. The number of anilines is 1. The second-order valence-corrected chi connectivity index (χ2v) is 10.1. The van der Waals surface area contributed by atoms with Crippen molar-refractivity contribution < 1.29 is 4.74 Å². The number of nitrogens with one attached hydrogen (secondary N) is 2. The van der Waals surface area contributed by atoms with Crippen molar-refractivity contribution in [2.45, 2.75) is 29.0 Å². The van der Waals surface area contributed by atoms with Gasteiger partial charge in [-0.05, 0) is 24.5 Å². The zero-order chi connectivity index (χ0) is 20.3. The average molecular weight is 458 g/mol. The first-order valence-corrected chi connectivity index (χ1v) is 12.3. The van der Waals surface area contributed by atoms with Gasteiger partial charge in [-0.2, -0.15) is 0 Å². The summed E-state index contributed by atoms with van der Waals surface area (Å²) < 4.78 is 6.45. The van der Waals surface area contributed by atoms with Crippen LogP contribution in [0.15, 0.2) is 45.5 Å². The molecule has 1 fully saturated rings. The number of H-pyrrole nitrogens is 1. The first kappa shape index (κ1) is 19.7. The summed E-state index contributed by atoms with van der Waals surface area (Å²) in [6.45, 7) is 1.60. The summed E-state index contributed by atoms with van der Waals surface area (Å²) in [5.74, 6) is 1.17. The Morgan fingerprint density at radius 1 is 1.23 bits per heavy atom. The molecular weight excluding hydrogens is 438 g/mol. The number of nitrogens with zero attached hydrogens (tertiary/aromatic N) is 3. The lowest BCUT2D eigenvalue weighted by atomic mass is 10.2. The van der Waals surface area contributed by atoms with Crippen molar-refractivity contribution in [1.29, 1.82) is 0 Å². The van der Waals surface area contributed by atoms with E-state index in [2.05, 4.69) is 25.5 Å². The summed E-state index contributed by atoms with van der Waals surface area (Å²) in [5.41, 5.74) is 0.984. The molecule has 0 saturated carbocycles. The van der Waals surface area contributed by atoms with E-state index < -0.39 is 0 Å². The molecule has 7 nitrogen and oxygen atoms in total. The van der Waals surface area contributed by atoms with Crippen molar-refractivity contribution in [2.24, 2.45) is 0 Å². The maximum atomic E-state index is 12.5. The van der Waals surface area contributed by atoms with Crippen molar-refractivity contribution >= 4 is 49.8 Å². The number of thioether (sulfide) groups is 1. The smallest absolute Gasteiger partial charge is 0.259 e. The molecule has 0 amide bonds. The second-order valence-electron chi connectivity index (χ2n) is 6.89. The predicted molar refractivity (Wildman–Crippen MR) is 123 cm³/mol. The van der Waals surface area contributed by atoms with Gasteiger partial charge in [0.1, 0.15) is 10.7 Å². The van der Waals surface area contributed by atoms with Crippen LogP contribution in [-0.2, 0) is 10.5 Å². The highest BCUT2D eigenvalue weighted by atomic mass is 32.2. The highest BCUT2D eigenvalue weighted by Crippen LogP contribution is 2.32. The fourth-order valence-corrected chi connectivity index (χ4v) is 5.95. The standard InChI is InChI=1S/C20H19N5O2S3/c26-17-14-9-15(12-5-2-1-3-6-12)29-18(14)23-16(22-17)11-28-20-25-24-19(30-20)21-10-13-7-4-8-27-13/h1-3,5-6,9,13H,4,7-8,10-11H2,(H,21,24)(H,22,23,26). The number of ether oxygens (including phenoxy) is 1. The third-order valence-corrected chi connectivity index (χ3v) is 7.86. The summed E-state index contributed by atoms with van der Waals surface area (Å²) in [5, 5.41) is 13.1. The molecule has 1 aliphatic heterocycles. The summed E-state index contributed by atoms with van der Waals surface area (Å²) >= 11 is 4.56. The average Bonchev–Trinajstić information content (AvgIpc) is 3.52. The Morgan fingerprint density at radius 2 is 2.13 bits per heavy atom. The van der Waals surface area contributed by atoms with Crippen LogP contribution in [0.2, 0.25) is 0 Å². The lowest BCUT2D eigenvalue weighted by Gasteiger charge is -2.08. The van der Waals surface area contributed by atoms with Crippen LogP contribution < -0.4 is 10.9 Å². The van der Waals surface area contributed by atoms with Gasteiger partial charge in [0.2, 0.25) is 5.13 Å². The van der Waals surface area contributed by atoms with Crippen LogP contribution in [0.1, 0.15) is 18.7 Å². The highest BCUT2D eigenvalue weighted by molar-refractivity contribution is 8.00. The van der Waals surface area contributed by atoms with E-state index in [1.54, 1.807) is 0 Å². The number of fused-ring (bicyclic) bond motifs is 1. The summed E-state index contributed by atoms with van der Waals surface area (Å²) in [4.78, 5) is 21.9. The third kappa shape index (κ3) is 4.41. The Hall–Kier alpha value is -2.27. The Balaban J connectivity index is 1.26. The van der Waals surface area contributed by atoms with E-state index in [-0.39, 0.29) is 11.7 Å². The molecule has 4 aromatic rings. The molecule has 4 heterocycles. The van der Waals surface area contributed by atoms with Crippen LogP contribution in [0.4, 0.5) is 5.13 Å². The molecule has 1 saturated heterocycles. The predicted octanol–water partition coefficient (Wildman–Crippen LogP) is 4.39. The number of aromatic amines is 1. The SMILES string of the molecule is O=c1[nH]c(CSc2nnc(NCC3CCCO3)s2)nc2sc(-c3ccccc3)cc12. The van der Waals surface area contributed by atoms with Crippen molar-refractivity contribution in [1.82, 2.24) is 20.2 Å². The molecule has 30 heavy (non-hydrogen) atoms. The Kier molecular flexibility index (Phi) is 5.80. The summed E-state index contributed by atoms with van der Waals surface area (Å²) in [6, 6.07) is 11.9. The van der Waals surface area contributed by atoms with Crippen LogP contribution in [0.3, 0.4) is 0 Å². The van der Waals surface area contributed by atoms with Crippen LogP contribution in [0.5, 0.6) is 0 Å². The quantitative estimate of drug-likeness (QED) is 0.398. The highest BCUT2D eigenvalue weighted by Gasteiger charge is 2.16. The summed E-state index contributed by atoms with van der Waals surface area (Å²) in [6.07, 6.45) is 2.47. The third-order valence-electron chi connectivity index (χ3n) is 4.75. The molecule has 1 unspecified atom stereocenters. The number of rotatable bonds is 7. The van der Waals surface area contributed by atoms with E-state index in [0.29, 0.717) is 17.0 Å². The van der Waals surface area contributed by atoms with Gasteiger partial charge in [0.15, 0.2) is 4.34 Å². The van der Waals surface area contributed by atoms with E-state index in [4.69, 9.17) is 4.74 Å². The molecule has 1 aromatic carbocycles. The van der Waals surface area contributed by atoms with Gasteiger partial charge < -0.3 is 15.0 Å². The molecule has 5 rings (SSSR count). The lowest BCUT2D eigenvalue weighted by Crippen LogP contribution is -2.18. The van der Waals surface area contributed by atoms with Crippen molar-refractivity contribution in [2.75, 3.05) is 18.5 Å². The number of aromatic nitrogens is 4. The van der Waals surface area contributed by atoms with Gasteiger partial charge in [-0.15, -0.1) is 21.5 Å². The molecule has 0 bridgehead atoms. The van der Waals surface area contributed by atoms with Crippen molar-refractivity contribution in [3.63, 3.8) is 0 Å².